The van der Waals surface area contributed by atoms with E-state index in [1.165, 1.54) is 0 Å². The van der Waals surface area contributed by atoms with Crippen LogP contribution in [0.5, 0.6) is 0 Å². The van der Waals surface area contributed by atoms with Gasteiger partial charge in [0.2, 0.25) is 0 Å². The summed E-state index contributed by atoms with van der Waals surface area (Å²) in [5.74, 6) is -7.59. The molecule has 1 saturated carbocycles. The van der Waals surface area contributed by atoms with Crippen molar-refractivity contribution in [1.29, 1.82) is 0 Å². The summed E-state index contributed by atoms with van der Waals surface area (Å²) >= 11 is 10.9. The maximum Gasteiger partial charge on any atom is 0.310 e. The lowest BCUT2D eigenvalue weighted by atomic mass is 10.0. The summed E-state index contributed by atoms with van der Waals surface area (Å²) < 4.78 is 61.4. The van der Waals surface area contributed by atoms with Crippen LogP contribution >= 0.6 is 23.2 Å². The Balaban J connectivity index is 2.25. The van der Waals surface area contributed by atoms with Gasteiger partial charge in [0, 0.05) is 22.6 Å². The van der Waals surface area contributed by atoms with Gasteiger partial charge in [-0.3, -0.25) is 4.79 Å². The van der Waals surface area contributed by atoms with Crippen molar-refractivity contribution < 1.29 is 27.1 Å². The smallest absolute Gasteiger partial charge is 0.310 e. The SMILES string of the molecule is CC1(C)C(C(=O)OCc2c(F)c(F)c(C/C(Cl)=C\Cl)c(F)c2F)C1(C)C. The molecule has 0 N–H and O–H groups in total. The molecule has 0 aliphatic heterocycles. The van der Waals surface area contributed by atoms with Gasteiger partial charge in [-0.1, -0.05) is 50.9 Å². The van der Waals surface area contributed by atoms with Crippen LogP contribution in [0.2, 0.25) is 0 Å². The van der Waals surface area contributed by atoms with Crippen molar-refractivity contribution >= 4 is 29.2 Å². The van der Waals surface area contributed by atoms with Gasteiger partial charge in [0.1, 0.15) is 6.61 Å². The van der Waals surface area contributed by atoms with Crippen molar-refractivity contribution in [2.24, 2.45) is 16.7 Å². The van der Waals surface area contributed by atoms with Crippen LogP contribution in [0.3, 0.4) is 0 Å². The van der Waals surface area contributed by atoms with Crippen LogP contribution in [0.15, 0.2) is 10.6 Å². The van der Waals surface area contributed by atoms with Crippen LogP contribution in [0.1, 0.15) is 38.8 Å². The van der Waals surface area contributed by atoms with Crippen molar-refractivity contribution in [3.05, 3.63) is 45.0 Å². The second-order valence-corrected chi connectivity index (χ2v) is 8.13. The summed E-state index contributed by atoms with van der Waals surface area (Å²) in [4.78, 5) is 12.2. The van der Waals surface area contributed by atoms with Gasteiger partial charge in [0.05, 0.1) is 11.5 Å². The third kappa shape index (κ3) is 3.33. The summed E-state index contributed by atoms with van der Waals surface area (Å²) in [6.45, 7) is 6.54. The molecule has 0 unspecified atom stereocenters. The molecule has 0 aromatic heterocycles. The Morgan fingerprint density at radius 3 is 1.81 bits per heavy atom. The second-order valence-electron chi connectivity index (χ2n) is 7.43. The monoisotopic (exact) mass is 412 g/mol. The normalized spacial score (nSPS) is 18.8. The molecule has 0 heterocycles. The lowest BCUT2D eigenvalue weighted by Gasteiger charge is -2.12. The number of rotatable bonds is 5. The van der Waals surface area contributed by atoms with E-state index in [1.807, 2.05) is 27.7 Å². The first-order valence-corrected chi connectivity index (χ1v) is 8.64. The second kappa shape index (κ2) is 7.04. The van der Waals surface area contributed by atoms with Gasteiger partial charge in [-0.25, -0.2) is 17.6 Å². The molecule has 1 aromatic carbocycles. The van der Waals surface area contributed by atoms with E-state index in [1.54, 1.807) is 0 Å². The highest BCUT2D eigenvalue weighted by molar-refractivity contribution is 6.36. The summed E-state index contributed by atoms with van der Waals surface area (Å²) in [6.07, 6.45) is -0.610. The molecule has 1 aromatic rings. The molecule has 1 fully saturated rings. The molecule has 0 radical (unpaired) electrons. The van der Waals surface area contributed by atoms with Crippen LogP contribution in [-0.4, -0.2) is 5.97 Å². The zero-order chi connectivity index (χ0) is 20.0. The van der Waals surface area contributed by atoms with Crippen LogP contribution in [-0.2, 0) is 22.6 Å². The lowest BCUT2D eigenvalue weighted by molar-refractivity contribution is -0.148. The minimum Gasteiger partial charge on any atom is -0.460 e. The first kappa shape index (κ1) is 21.0. The maximum atomic E-state index is 14.2. The fourth-order valence-corrected chi connectivity index (χ4v) is 3.44. The van der Waals surface area contributed by atoms with E-state index in [-0.39, 0.29) is 15.9 Å². The zero-order valence-electron chi connectivity index (χ0n) is 14.7. The molecule has 0 saturated heterocycles. The molecule has 0 spiro atoms. The molecule has 2 nitrogen and oxygen atoms in total. The van der Waals surface area contributed by atoms with Crippen molar-refractivity contribution in [3.63, 3.8) is 0 Å². The molecule has 1 aliphatic carbocycles. The van der Waals surface area contributed by atoms with Gasteiger partial charge in [-0.15, -0.1) is 0 Å². The summed E-state index contributed by atoms with van der Waals surface area (Å²) in [5, 5.41) is -0.194. The lowest BCUT2D eigenvalue weighted by Crippen LogP contribution is -2.15. The quantitative estimate of drug-likeness (QED) is 0.345. The van der Waals surface area contributed by atoms with E-state index in [9.17, 15) is 22.4 Å². The first-order chi connectivity index (χ1) is 11.9. The van der Waals surface area contributed by atoms with Gasteiger partial charge >= 0.3 is 5.97 Å². The van der Waals surface area contributed by atoms with Crippen molar-refractivity contribution in [2.45, 2.75) is 40.7 Å². The molecule has 0 bridgehead atoms. The van der Waals surface area contributed by atoms with E-state index >= 15 is 0 Å². The Morgan fingerprint density at radius 1 is 1.00 bits per heavy atom. The standard InChI is InChI=1S/C18H18Cl2F4O2/c1-17(2)15(18(17,3)4)16(25)26-7-10-13(23)11(21)9(5-8(20)6-19)12(22)14(10)24/h6,15H,5,7H2,1-4H3/b8-6+. The third-order valence-electron chi connectivity index (χ3n) is 5.52. The van der Waals surface area contributed by atoms with Crippen molar-refractivity contribution in [3.8, 4) is 0 Å². The average molecular weight is 413 g/mol. The van der Waals surface area contributed by atoms with Crippen LogP contribution < -0.4 is 0 Å². The molecular weight excluding hydrogens is 395 g/mol. The van der Waals surface area contributed by atoms with Gasteiger partial charge in [0.15, 0.2) is 23.3 Å². The van der Waals surface area contributed by atoms with Crippen LogP contribution in [0.25, 0.3) is 0 Å². The summed E-state index contributed by atoms with van der Waals surface area (Å²) in [5.41, 5.74) is -1.72. The van der Waals surface area contributed by atoms with Gasteiger partial charge in [0.25, 0.3) is 0 Å². The van der Waals surface area contributed by atoms with Crippen LogP contribution in [0.4, 0.5) is 17.6 Å². The molecule has 1 aliphatic rings. The van der Waals surface area contributed by atoms with E-state index in [2.05, 4.69) is 0 Å². The topological polar surface area (TPSA) is 26.3 Å². The van der Waals surface area contributed by atoms with E-state index < -0.39 is 59.3 Å². The number of allylic oxidation sites excluding steroid dienone is 1. The number of esters is 1. The highest BCUT2D eigenvalue weighted by atomic mass is 35.5. The van der Waals surface area contributed by atoms with Gasteiger partial charge in [-0.2, -0.15) is 0 Å². The maximum absolute atomic E-state index is 14.2. The minimum absolute atomic E-state index is 0.194. The van der Waals surface area contributed by atoms with Crippen LogP contribution in [0, 0.1) is 40.0 Å². The number of ether oxygens (including phenoxy) is 1. The summed E-state index contributed by atoms with van der Waals surface area (Å²) in [7, 11) is 0. The Kier molecular flexibility index (Phi) is 5.70. The number of carbonyl (C=O) groups is 1. The molecule has 8 heteroatoms. The number of halogens is 6. The highest BCUT2D eigenvalue weighted by Crippen LogP contribution is 2.68. The third-order valence-corrected chi connectivity index (χ3v) is 6.14. The van der Waals surface area contributed by atoms with Crippen molar-refractivity contribution in [2.75, 3.05) is 0 Å². The molecule has 0 atom stereocenters. The molecule has 144 valence electrons. The largest absolute Gasteiger partial charge is 0.460 e. The minimum atomic E-state index is -1.62. The zero-order valence-corrected chi connectivity index (χ0v) is 16.2. The number of hydrogen-bond donors (Lipinski definition) is 0. The Hall–Kier alpha value is -1.27. The Labute approximate surface area is 159 Å². The van der Waals surface area contributed by atoms with E-state index in [4.69, 9.17) is 27.9 Å². The predicted molar refractivity (Wildman–Crippen MR) is 90.6 cm³/mol. The first-order valence-electron chi connectivity index (χ1n) is 7.83. The Bertz CT molecular complexity index is 745. The molecule has 0 amide bonds. The fourth-order valence-electron chi connectivity index (χ4n) is 3.22. The number of carbonyl (C=O) groups excluding carboxylic acids is 1. The van der Waals surface area contributed by atoms with Gasteiger partial charge < -0.3 is 4.74 Å². The van der Waals surface area contributed by atoms with E-state index in [0.29, 0.717) is 0 Å². The molecule has 2 rings (SSSR count). The number of hydrogen-bond acceptors (Lipinski definition) is 2. The van der Waals surface area contributed by atoms with Crippen molar-refractivity contribution in [1.82, 2.24) is 0 Å². The van der Waals surface area contributed by atoms with E-state index in [0.717, 1.165) is 5.54 Å². The fraction of sp³-hybridized carbons (Fsp3) is 0.500. The predicted octanol–water partition coefficient (Wildman–Crippen LogP) is 5.83. The molecular formula is C18H18Cl2F4O2. The number of benzene rings is 1. The Morgan fingerprint density at radius 2 is 1.42 bits per heavy atom. The average Bonchev–Trinajstić information content (AvgIpc) is 2.98. The highest BCUT2D eigenvalue weighted by Gasteiger charge is 2.69. The molecule has 26 heavy (non-hydrogen) atoms. The van der Waals surface area contributed by atoms with Gasteiger partial charge in [-0.05, 0) is 10.8 Å². The summed E-state index contributed by atoms with van der Waals surface area (Å²) in [6, 6.07) is 0.